The van der Waals surface area contributed by atoms with Crippen molar-refractivity contribution < 1.29 is 0 Å². The smallest absolute Gasteiger partial charge is 0.0286 e. The lowest BCUT2D eigenvalue weighted by Gasteiger charge is -2.40. The van der Waals surface area contributed by atoms with Gasteiger partial charge in [0.05, 0.1) is 0 Å². The highest BCUT2D eigenvalue weighted by Crippen LogP contribution is 2.33. The molecule has 2 N–H and O–H groups in total. The van der Waals surface area contributed by atoms with Gasteiger partial charge < -0.3 is 5.73 Å². The number of hydrogen-bond donors (Lipinski definition) is 1. The number of nitrogens with zero attached hydrogens (tertiary/aromatic N) is 1. The third-order valence-electron chi connectivity index (χ3n) is 4.56. The van der Waals surface area contributed by atoms with Gasteiger partial charge in [-0.3, -0.25) is 4.90 Å². The predicted molar refractivity (Wildman–Crippen MR) is 69.4 cm³/mol. The van der Waals surface area contributed by atoms with E-state index in [1.807, 2.05) is 0 Å². The molecule has 2 rings (SSSR count). The van der Waals surface area contributed by atoms with Gasteiger partial charge in [-0.15, -0.1) is 0 Å². The zero-order chi connectivity index (χ0) is 11.8. The van der Waals surface area contributed by atoms with E-state index in [9.17, 15) is 0 Å². The number of nitrogens with two attached hydrogens (primary N) is 1. The lowest BCUT2D eigenvalue weighted by atomic mass is 9.76. The van der Waals surface area contributed by atoms with E-state index < -0.39 is 0 Å². The molecular weight excluding hydrogens is 196 g/mol. The van der Waals surface area contributed by atoms with E-state index in [-0.39, 0.29) is 5.54 Å². The predicted octanol–water partition coefficient (Wildman–Crippen LogP) is 2.62. The summed E-state index contributed by atoms with van der Waals surface area (Å²) in [5, 5.41) is 0. The van der Waals surface area contributed by atoms with Crippen LogP contribution in [0.2, 0.25) is 0 Å². The van der Waals surface area contributed by atoms with Gasteiger partial charge in [0.15, 0.2) is 0 Å². The Kier molecular flexibility index (Phi) is 3.60. The van der Waals surface area contributed by atoms with E-state index >= 15 is 0 Å². The molecule has 0 aromatic carbocycles. The standard InChI is InChI=1S/C14H28N2/c1-11-5-4-6-14(15,8-11)10-16-9-12(2)7-13(16)3/h11-13H,4-10,15H2,1-3H3. The Hall–Kier alpha value is -0.0800. The van der Waals surface area contributed by atoms with Crippen molar-refractivity contribution in [1.29, 1.82) is 0 Å². The van der Waals surface area contributed by atoms with E-state index in [0.29, 0.717) is 0 Å². The summed E-state index contributed by atoms with van der Waals surface area (Å²) in [7, 11) is 0. The third kappa shape index (κ3) is 2.78. The topological polar surface area (TPSA) is 29.3 Å². The van der Waals surface area contributed by atoms with Gasteiger partial charge in [-0.25, -0.2) is 0 Å². The summed E-state index contributed by atoms with van der Waals surface area (Å²) in [5.41, 5.74) is 6.70. The van der Waals surface area contributed by atoms with Gasteiger partial charge in [-0.2, -0.15) is 0 Å². The van der Waals surface area contributed by atoms with Crippen LogP contribution in [-0.4, -0.2) is 29.6 Å². The highest BCUT2D eigenvalue weighted by molar-refractivity contribution is 4.95. The van der Waals surface area contributed by atoms with Crippen LogP contribution in [0.1, 0.15) is 52.9 Å². The molecule has 0 bridgehead atoms. The van der Waals surface area contributed by atoms with Crippen molar-refractivity contribution in [2.75, 3.05) is 13.1 Å². The summed E-state index contributed by atoms with van der Waals surface area (Å²) in [4.78, 5) is 2.63. The van der Waals surface area contributed by atoms with Crippen LogP contribution in [0.25, 0.3) is 0 Å². The summed E-state index contributed by atoms with van der Waals surface area (Å²) in [6.45, 7) is 9.47. The molecule has 1 heterocycles. The van der Waals surface area contributed by atoms with Gasteiger partial charge in [-0.1, -0.05) is 26.7 Å². The lowest BCUT2D eigenvalue weighted by molar-refractivity contribution is 0.145. The van der Waals surface area contributed by atoms with Crippen LogP contribution in [0.15, 0.2) is 0 Å². The molecule has 0 aromatic heterocycles. The van der Waals surface area contributed by atoms with Crippen molar-refractivity contribution in [2.24, 2.45) is 17.6 Å². The van der Waals surface area contributed by atoms with Crippen LogP contribution < -0.4 is 5.73 Å². The molecule has 94 valence electrons. The third-order valence-corrected chi connectivity index (χ3v) is 4.56. The number of rotatable bonds is 2. The molecule has 0 spiro atoms. The first kappa shape index (κ1) is 12.4. The van der Waals surface area contributed by atoms with Crippen LogP contribution in [0.3, 0.4) is 0 Å². The first-order valence-electron chi connectivity index (χ1n) is 7.01. The molecule has 2 aliphatic rings. The first-order valence-corrected chi connectivity index (χ1v) is 7.01. The minimum Gasteiger partial charge on any atom is -0.324 e. The Bertz CT molecular complexity index is 241. The van der Waals surface area contributed by atoms with Crippen molar-refractivity contribution in [3.8, 4) is 0 Å². The molecular formula is C14H28N2. The molecule has 2 nitrogen and oxygen atoms in total. The largest absolute Gasteiger partial charge is 0.324 e. The van der Waals surface area contributed by atoms with Gasteiger partial charge in [-0.05, 0) is 38.0 Å². The molecule has 1 aliphatic heterocycles. The van der Waals surface area contributed by atoms with Gasteiger partial charge >= 0.3 is 0 Å². The Morgan fingerprint density at radius 1 is 1.25 bits per heavy atom. The summed E-state index contributed by atoms with van der Waals surface area (Å²) >= 11 is 0. The second-order valence-corrected chi connectivity index (χ2v) is 6.68. The van der Waals surface area contributed by atoms with E-state index in [2.05, 4.69) is 25.7 Å². The summed E-state index contributed by atoms with van der Waals surface area (Å²) in [6, 6.07) is 0.743. The van der Waals surface area contributed by atoms with Crippen LogP contribution in [0.5, 0.6) is 0 Å². The molecule has 0 radical (unpaired) electrons. The molecule has 2 fully saturated rings. The van der Waals surface area contributed by atoms with Gasteiger partial charge in [0.1, 0.15) is 0 Å². The van der Waals surface area contributed by atoms with Crippen molar-refractivity contribution in [3.63, 3.8) is 0 Å². The van der Waals surface area contributed by atoms with E-state index in [0.717, 1.165) is 24.4 Å². The Morgan fingerprint density at radius 2 is 2.00 bits per heavy atom. The zero-order valence-corrected chi connectivity index (χ0v) is 11.2. The SMILES string of the molecule is CC1CC(C)N(CC2(N)CCCC(C)C2)C1. The van der Waals surface area contributed by atoms with Crippen molar-refractivity contribution >= 4 is 0 Å². The number of hydrogen-bond acceptors (Lipinski definition) is 2. The second-order valence-electron chi connectivity index (χ2n) is 6.68. The summed E-state index contributed by atoms with van der Waals surface area (Å²) in [6.07, 6.45) is 6.52. The highest BCUT2D eigenvalue weighted by Gasteiger charge is 2.36. The molecule has 1 saturated carbocycles. The van der Waals surface area contributed by atoms with Crippen molar-refractivity contribution in [1.82, 2.24) is 4.90 Å². The summed E-state index contributed by atoms with van der Waals surface area (Å²) in [5.74, 6) is 1.69. The van der Waals surface area contributed by atoms with Gasteiger partial charge in [0, 0.05) is 24.7 Å². The minimum absolute atomic E-state index is 0.107. The normalized spacial score (nSPS) is 46.1. The molecule has 4 atom stereocenters. The molecule has 1 saturated heterocycles. The maximum Gasteiger partial charge on any atom is 0.0286 e. The van der Waals surface area contributed by atoms with E-state index in [1.54, 1.807) is 0 Å². The Balaban J connectivity index is 1.92. The quantitative estimate of drug-likeness (QED) is 0.781. The monoisotopic (exact) mass is 224 g/mol. The highest BCUT2D eigenvalue weighted by atomic mass is 15.2. The van der Waals surface area contributed by atoms with Crippen molar-refractivity contribution in [2.45, 2.75) is 64.5 Å². The Labute approximate surface area is 101 Å². The Morgan fingerprint density at radius 3 is 2.56 bits per heavy atom. The zero-order valence-electron chi connectivity index (χ0n) is 11.2. The van der Waals surface area contributed by atoms with Gasteiger partial charge in [0.2, 0.25) is 0 Å². The second kappa shape index (κ2) is 4.66. The van der Waals surface area contributed by atoms with Crippen LogP contribution in [0.4, 0.5) is 0 Å². The summed E-state index contributed by atoms with van der Waals surface area (Å²) < 4.78 is 0. The van der Waals surface area contributed by atoms with Crippen LogP contribution >= 0.6 is 0 Å². The minimum atomic E-state index is 0.107. The molecule has 4 unspecified atom stereocenters. The average Bonchev–Trinajstić information content (AvgIpc) is 2.43. The van der Waals surface area contributed by atoms with Crippen molar-refractivity contribution in [3.05, 3.63) is 0 Å². The molecule has 2 heteroatoms. The molecule has 16 heavy (non-hydrogen) atoms. The lowest BCUT2D eigenvalue weighted by Crippen LogP contribution is -2.53. The first-order chi connectivity index (χ1) is 7.48. The van der Waals surface area contributed by atoms with Crippen LogP contribution in [0, 0.1) is 11.8 Å². The fourth-order valence-electron chi connectivity index (χ4n) is 3.86. The maximum atomic E-state index is 6.60. The fraction of sp³-hybridized carbons (Fsp3) is 1.00. The van der Waals surface area contributed by atoms with E-state index in [1.165, 1.54) is 38.6 Å². The average molecular weight is 224 g/mol. The molecule has 0 aromatic rings. The van der Waals surface area contributed by atoms with Crippen LogP contribution in [-0.2, 0) is 0 Å². The van der Waals surface area contributed by atoms with Gasteiger partial charge in [0.25, 0.3) is 0 Å². The molecule has 1 aliphatic carbocycles. The number of likely N-dealkylation sites (tertiary alicyclic amines) is 1. The fourth-order valence-corrected chi connectivity index (χ4v) is 3.86. The maximum absolute atomic E-state index is 6.60. The molecule has 0 amide bonds. The van der Waals surface area contributed by atoms with E-state index in [4.69, 9.17) is 5.73 Å².